The summed E-state index contributed by atoms with van der Waals surface area (Å²) in [7, 11) is -0.694. The fourth-order valence-corrected chi connectivity index (χ4v) is 5.04. The molecule has 1 N–H and O–H groups in total. The molecule has 1 saturated heterocycles. The first-order chi connectivity index (χ1) is 13.9. The Morgan fingerprint density at radius 3 is 2.41 bits per heavy atom. The topological polar surface area (TPSA) is 77.1 Å². The van der Waals surface area contributed by atoms with Crippen molar-refractivity contribution in [2.45, 2.75) is 10.9 Å². The number of rotatable bonds is 8. The third-order valence-electron chi connectivity index (χ3n) is 4.87. The van der Waals surface area contributed by atoms with Gasteiger partial charge in [0, 0.05) is 30.1 Å². The normalized spacial score (nSPS) is 16.4. The van der Waals surface area contributed by atoms with Crippen molar-refractivity contribution in [2.75, 3.05) is 47.1 Å². The molecule has 7 nitrogen and oxygen atoms in total. The fourth-order valence-electron chi connectivity index (χ4n) is 3.30. The van der Waals surface area contributed by atoms with E-state index in [2.05, 4.69) is 25.6 Å². The Morgan fingerprint density at radius 1 is 1.10 bits per heavy atom. The van der Waals surface area contributed by atoms with Crippen LogP contribution in [0.3, 0.4) is 0 Å². The Bertz CT molecular complexity index is 915. The molecule has 0 radical (unpaired) electrons. The summed E-state index contributed by atoms with van der Waals surface area (Å²) in [4.78, 5) is 2.33. The summed E-state index contributed by atoms with van der Waals surface area (Å²) in [5.41, 5.74) is 1.01. The van der Waals surface area contributed by atoms with Crippen molar-refractivity contribution in [3.63, 3.8) is 0 Å². The number of methoxy groups -OCH3 is 2. The van der Waals surface area contributed by atoms with E-state index in [4.69, 9.17) is 14.2 Å². The van der Waals surface area contributed by atoms with E-state index >= 15 is 0 Å². The lowest BCUT2D eigenvalue weighted by atomic mass is 10.0. The van der Waals surface area contributed by atoms with Crippen molar-refractivity contribution < 1.29 is 22.6 Å². The van der Waals surface area contributed by atoms with Crippen LogP contribution in [0.1, 0.15) is 11.6 Å². The quantitative estimate of drug-likeness (QED) is 0.620. The van der Waals surface area contributed by atoms with Crippen LogP contribution in [0, 0.1) is 0 Å². The van der Waals surface area contributed by atoms with E-state index in [1.165, 1.54) is 13.2 Å². The second-order valence-corrected chi connectivity index (χ2v) is 9.24. The summed E-state index contributed by atoms with van der Waals surface area (Å²) in [6.07, 6.45) is 0. The first-order valence-electron chi connectivity index (χ1n) is 9.23. The number of morpholine rings is 1. The number of sulfonamides is 1. The third kappa shape index (κ3) is 5.49. The number of benzene rings is 2. The first-order valence-corrected chi connectivity index (χ1v) is 11.5. The maximum atomic E-state index is 13.0. The summed E-state index contributed by atoms with van der Waals surface area (Å²) in [5, 5.41) is 0. The van der Waals surface area contributed by atoms with Crippen molar-refractivity contribution in [1.29, 1.82) is 0 Å². The van der Waals surface area contributed by atoms with Gasteiger partial charge in [0.15, 0.2) is 0 Å². The number of hydrogen-bond acceptors (Lipinski definition) is 6. The lowest BCUT2D eigenvalue weighted by Crippen LogP contribution is -2.43. The van der Waals surface area contributed by atoms with Crippen LogP contribution in [0.15, 0.2) is 51.8 Å². The van der Waals surface area contributed by atoms with Crippen LogP contribution in [0.4, 0.5) is 0 Å². The van der Waals surface area contributed by atoms with Crippen LogP contribution < -0.4 is 14.2 Å². The van der Waals surface area contributed by atoms with Crippen LogP contribution in [0.25, 0.3) is 0 Å². The Balaban J connectivity index is 1.84. The summed E-state index contributed by atoms with van der Waals surface area (Å²) in [5.74, 6) is 1.06. The largest absolute Gasteiger partial charge is 0.497 e. The van der Waals surface area contributed by atoms with Crippen LogP contribution in [-0.4, -0.2) is 60.4 Å². The monoisotopic (exact) mass is 484 g/mol. The minimum Gasteiger partial charge on any atom is -0.497 e. The number of halogens is 1. The van der Waals surface area contributed by atoms with E-state index in [9.17, 15) is 8.42 Å². The van der Waals surface area contributed by atoms with Crippen molar-refractivity contribution >= 4 is 26.0 Å². The molecule has 0 aromatic heterocycles. The van der Waals surface area contributed by atoms with E-state index in [-0.39, 0.29) is 17.5 Å². The van der Waals surface area contributed by atoms with Gasteiger partial charge in [0.2, 0.25) is 10.0 Å². The highest BCUT2D eigenvalue weighted by atomic mass is 79.9. The molecular weight excluding hydrogens is 460 g/mol. The van der Waals surface area contributed by atoms with Gasteiger partial charge in [-0.25, -0.2) is 13.1 Å². The molecule has 2 aromatic carbocycles. The van der Waals surface area contributed by atoms with Gasteiger partial charge in [0.05, 0.1) is 27.4 Å². The Morgan fingerprint density at radius 2 is 1.79 bits per heavy atom. The minimum absolute atomic E-state index is 0.102. The highest BCUT2D eigenvalue weighted by Crippen LogP contribution is 2.28. The van der Waals surface area contributed by atoms with Gasteiger partial charge >= 0.3 is 0 Å². The zero-order chi connectivity index (χ0) is 20.9. The molecule has 3 rings (SSSR count). The zero-order valence-corrected chi connectivity index (χ0v) is 18.8. The average molecular weight is 485 g/mol. The summed E-state index contributed by atoms with van der Waals surface area (Å²) in [6.45, 7) is 2.94. The number of nitrogens with one attached hydrogen (secondary N) is 1. The minimum atomic E-state index is -3.77. The molecule has 1 heterocycles. The molecule has 0 spiro atoms. The molecule has 0 amide bonds. The maximum Gasteiger partial charge on any atom is 0.244 e. The highest BCUT2D eigenvalue weighted by molar-refractivity contribution is 9.10. The van der Waals surface area contributed by atoms with Gasteiger partial charge in [-0.15, -0.1) is 0 Å². The van der Waals surface area contributed by atoms with E-state index in [1.807, 2.05) is 24.3 Å². The maximum absolute atomic E-state index is 13.0. The van der Waals surface area contributed by atoms with Crippen molar-refractivity contribution in [1.82, 2.24) is 9.62 Å². The fraction of sp³-hybridized carbons (Fsp3) is 0.400. The van der Waals surface area contributed by atoms with Crippen LogP contribution in [0.5, 0.6) is 11.5 Å². The molecule has 1 atom stereocenters. The predicted octanol–water partition coefficient (Wildman–Crippen LogP) is 2.82. The summed E-state index contributed by atoms with van der Waals surface area (Å²) in [6, 6.07) is 12.5. The van der Waals surface area contributed by atoms with Crippen LogP contribution in [0.2, 0.25) is 0 Å². The van der Waals surface area contributed by atoms with E-state index in [0.717, 1.165) is 24.4 Å². The van der Waals surface area contributed by atoms with Gasteiger partial charge in [0.25, 0.3) is 0 Å². The van der Waals surface area contributed by atoms with Gasteiger partial charge in [-0.1, -0.05) is 28.1 Å². The van der Waals surface area contributed by atoms with E-state index in [1.54, 1.807) is 19.2 Å². The smallest absolute Gasteiger partial charge is 0.244 e. The van der Waals surface area contributed by atoms with Gasteiger partial charge in [-0.2, -0.15) is 0 Å². The van der Waals surface area contributed by atoms with Gasteiger partial charge in [0.1, 0.15) is 16.4 Å². The predicted molar refractivity (Wildman–Crippen MR) is 114 cm³/mol. The van der Waals surface area contributed by atoms with Crippen LogP contribution >= 0.6 is 15.9 Å². The molecule has 29 heavy (non-hydrogen) atoms. The van der Waals surface area contributed by atoms with Gasteiger partial charge in [-0.3, -0.25) is 4.90 Å². The summed E-state index contributed by atoms with van der Waals surface area (Å²) < 4.78 is 45.4. The number of ether oxygens (including phenoxy) is 3. The summed E-state index contributed by atoms with van der Waals surface area (Å²) >= 11 is 3.33. The number of nitrogens with zero attached hydrogens (tertiary/aromatic N) is 1. The van der Waals surface area contributed by atoms with Gasteiger partial charge < -0.3 is 14.2 Å². The molecule has 9 heteroatoms. The molecule has 2 aromatic rings. The molecule has 0 aliphatic carbocycles. The Labute approximate surface area is 180 Å². The van der Waals surface area contributed by atoms with E-state index < -0.39 is 10.0 Å². The molecule has 0 saturated carbocycles. The van der Waals surface area contributed by atoms with Crippen molar-refractivity contribution in [3.8, 4) is 11.5 Å². The number of hydrogen-bond donors (Lipinski definition) is 1. The molecule has 1 unspecified atom stereocenters. The molecule has 1 aliphatic heterocycles. The van der Waals surface area contributed by atoms with E-state index in [0.29, 0.717) is 23.4 Å². The third-order valence-corrected chi connectivity index (χ3v) is 6.81. The van der Waals surface area contributed by atoms with Gasteiger partial charge in [-0.05, 0) is 35.9 Å². The Kier molecular flexibility index (Phi) is 7.53. The zero-order valence-electron chi connectivity index (χ0n) is 16.4. The average Bonchev–Trinajstić information content (AvgIpc) is 2.75. The SMILES string of the molecule is COc1ccc(C(CNS(=O)(=O)c2cc(Br)ccc2OC)N2CCOCC2)cc1. The molecule has 0 bridgehead atoms. The Hall–Kier alpha value is -1.65. The molecule has 1 aliphatic rings. The second kappa shape index (κ2) is 9.90. The van der Waals surface area contributed by atoms with Crippen LogP contribution in [-0.2, 0) is 14.8 Å². The highest BCUT2D eigenvalue weighted by Gasteiger charge is 2.26. The molecular formula is C20H25BrN2O5S. The lowest BCUT2D eigenvalue weighted by Gasteiger charge is -2.35. The van der Waals surface area contributed by atoms with Crippen molar-refractivity contribution in [2.24, 2.45) is 0 Å². The molecule has 158 valence electrons. The first kappa shape index (κ1) is 22.0. The standard InChI is InChI=1S/C20H25BrN2O5S/c1-26-17-6-3-15(4-7-17)18(23-9-11-28-12-10-23)14-22-29(24,25)20-13-16(21)5-8-19(20)27-2/h3-8,13,18,22H,9-12,14H2,1-2H3. The molecule has 1 fully saturated rings. The van der Waals surface area contributed by atoms with Crippen molar-refractivity contribution in [3.05, 3.63) is 52.5 Å². The second-order valence-electron chi connectivity index (χ2n) is 6.58. The lowest BCUT2D eigenvalue weighted by molar-refractivity contribution is 0.0172.